The molecule has 0 aliphatic carbocycles. The Balaban J connectivity index is 2.28. The molecule has 13 heavy (non-hydrogen) atoms. The smallest absolute Gasteiger partial charge is 0.0520 e. The summed E-state index contributed by atoms with van der Waals surface area (Å²) in [6.45, 7) is 2.25. The fraction of sp³-hybridized carbons (Fsp3) is 0.333. The Morgan fingerprint density at radius 2 is 2.08 bits per heavy atom. The molecule has 0 bridgehead atoms. The number of fused-ring (bicyclic) bond motifs is 1. The highest BCUT2D eigenvalue weighted by atomic mass is 31.0. The van der Waals surface area contributed by atoms with Gasteiger partial charge in [-0.3, -0.25) is 0 Å². The first kappa shape index (κ1) is 8.84. The molecular weight excluding hydrogens is 175 g/mol. The summed E-state index contributed by atoms with van der Waals surface area (Å²) >= 11 is 0. The van der Waals surface area contributed by atoms with E-state index in [0.29, 0.717) is 0 Å². The van der Waals surface area contributed by atoms with Gasteiger partial charge in [0.1, 0.15) is 0 Å². The third-order valence-electron chi connectivity index (χ3n) is 2.31. The molecule has 0 spiro atoms. The van der Waals surface area contributed by atoms with Crippen molar-refractivity contribution in [2.24, 2.45) is 0 Å². The van der Waals surface area contributed by atoms with Gasteiger partial charge in [-0.15, -0.1) is 0 Å². The summed E-state index contributed by atoms with van der Waals surface area (Å²) in [5.74, 6) is 0. The lowest BCUT2D eigenvalue weighted by Gasteiger charge is -2.03. The molecule has 68 valence electrons. The van der Waals surface area contributed by atoms with E-state index in [1.165, 1.54) is 38.0 Å². The first-order chi connectivity index (χ1) is 6.40. The molecule has 0 nitrogen and oxygen atoms in total. The topological polar surface area (TPSA) is 0 Å². The summed E-state index contributed by atoms with van der Waals surface area (Å²) in [5, 5.41) is 4.49. The van der Waals surface area contributed by atoms with Gasteiger partial charge in [0.15, 0.2) is 0 Å². The lowest BCUT2D eigenvalue weighted by atomic mass is 10.2. The van der Waals surface area contributed by atoms with Gasteiger partial charge in [0, 0.05) is 0 Å². The number of benzene rings is 1. The summed E-state index contributed by atoms with van der Waals surface area (Å²) in [5.41, 5.74) is 0. The quantitative estimate of drug-likeness (QED) is 0.667. The largest absolute Gasteiger partial charge is 0.519 e. The van der Waals surface area contributed by atoms with Crippen LogP contribution in [0.15, 0.2) is 30.3 Å². The average molecular weight is 189 g/mol. The van der Waals surface area contributed by atoms with E-state index in [-0.39, 0.29) is 0 Å². The number of aryl methyl sites for hydroxylation is 1. The fourth-order valence-corrected chi connectivity index (χ4v) is 2.78. The molecule has 0 saturated heterocycles. The number of hydrogen-bond acceptors (Lipinski definition) is 0. The second kappa shape index (κ2) is 3.98. The minimum atomic E-state index is 1.27. The van der Waals surface area contributed by atoms with Gasteiger partial charge in [-0.2, -0.15) is 5.12 Å². The highest BCUT2D eigenvalue weighted by Gasteiger charge is 1.88. The zero-order valence-corrected chi connectivity index (χ0v) is 8.85. The van der Waals surface area contributed by atoms with Gasteiger partial charge in [0.05, 0.1) is 0 Å². The van der Waals surface area contributed by atoms with E-state index < -0.39 is 0 Å². The number of unbranched alkanes of at least 4 members (excludes halogenated alkanes) is 1. The number of hydrogen-bond donors (Lipinski definition) is 0. The van der Waals surface area contributed by atoms with Crippen LogP contribution >= 0.6 is 8.19 Å². The molecule has 2 aromatic rings. The van der Waals surface area contributed by atoms with Gasteiger partial charge in [0.25, 0.3) is 0 Å². The van der Waals surface area contributed by atoms with Crippen molar-refractivity contribution in [3.8, 4) is 0 Å². The lowest BCUT2D eigenvalue weighted by molar-refractivity contribution is 0.804. The van der Waals surface area contributed by atoms with Gasteiger partial charge in [-0.1, -0.05) is 61.9 Å². The van der Waals surface area contributed by atoms with Crippen LogP contribution in [-0.2, 0) is 6.42 Å². The van der Waals surface area contributed by atoms with Crippen molar-refractivity contribution in [2.75, 3.05) is 0 Å². The van der Waals surface area contributed by atoms with E-state index in [1.807, 2.05) is 0 Å². The molecule has 0 saturated carbocycles. The molecule has 0 radical (unpaired) electrons. The fourth-order valence-electron chi connectivity index (χ4n) is 1.56. The van der Waals surface area contributed by atoms with Gasteiger partial charge in [0.2, 0.25) is 0 Å². The van der Waals surface area contributed by atoms with Crippen LogP contribution < -0.4 is 0 Å². The maximum atomic E-state index is 2.35. The summed E-state index contributed by atoms with van der Waals surface area (Å²) in [4.78, 5) is 0. The highest BCUT2D eigenvalue weighted by molar-refractivity contribution is 7.38. The third-order valence-corrected chi connectivity index (χ3v) is 3.60. The van der Waals surface area contributed by atoms with Crippen LogP contribution in [0.2, 0.25) is 0 Å². The van der Waals surface area contributed by atoms with Gasteiger partial charge in [-0.25, -0.2) is 5.30 Å². The van der Waals surface area contributed by atoms with Crippen molar-refractivity contribution in [2.45, 2.75) is 26.2 Å². The molecule has 1 aromatic heterocycles. The average Bonchev–Trinajstić information content (AvgIpc) is 2.57. The molecule has 1 aromatic carbocycles. The van der Waals surface area contributed by atoms with E-state index in [0.717, 1.165) is 0 Å². The van der Waals surface area contributed by atoms with Crippen LogP contribution in [0.3, 0.4) is 0 Å². The van der Waals surface area contributed by atoms with E-state index in [9.17, 15) is 0 Å². The Morgan fingerprint density at radius 1 is 1.23 bits per heavy atom. The molecule has 2 rings (SSSR count). The first-order valence-electron chi connectivity index (χ1n) is 4.91. The maximum Gasteiger partial charge on any atom is -0.0520 e. The highest BCUT2D eigenvalue weighted by Crippen LogP contribution is 2.30. The van der Waals surface area contributed by atoms with Gasteiger partial charge in [-0.05, 0) is 0 Å². The van der Waals surface area contributed by atoms with Crippen LogP contribution in [0.25, 0.3) is 10.5 Å². The van der Waals surface area contributed by atoms with Crippen molar-refractivity contribution in [3.05, 3.63) is 35.6 Å². The number of rotatable bonds is 3. The SMILES string of the molecule is CCCCc1cc2ccccc2[p-]1. The summed E-state index contributed by atoms with van der Waals surface area (Å²) in [7, 11) is 1.44. The van der Waals surface area contributed by atoms with E-state index in [4.69, 9.17) is 0 Å². The van der Waals surface area contributed by atoms with Gasteiger partial charge >= 0.3 is 0 Å². The normalized spacial score (nSPS) is 11.5. The van der Waals surface area contributed by atoms with Crippen LogP contribution in [-0.4, -0.2) is 0 Å². The van der Waals surface area contributed by atoms with E-state index in [1.54, 1.807) is 5.30 Å². The predicted molar refractivity (Wildman–Crippen MR) is 60.7 cm³/mol. The molecule has 0 N–H and O–H groups in total. The minimum Gasteiger partial charge on any atom is -0.519 e. The third kappa shape index (κ3) is 1.95. The molecule has 0 fully saturated rings. The molecule has 0 unspecified atom stereocenters. The summed E-state index contributed by atoms with van der Waals surface area (Å²) in [6.07, 6.45) is 3.89. The molecule has 0 aliphatic rings. The Bertz CT molecular complexity index is 354. The van der Waals surface area contributed by atoms with Crippen molar-refractivity contribution in [1.82, 2.24) is 0 Å². The first-order valence-corrected chi connectivity index (χ1v) is 5.81. The van der Waals surface area contributed by atoms with Crippen molar-refractivity contribution < 1.29 is 0 Å². The zero-order chi connectivity index (χ0) is 9.10. The molecule has 0 amide bonds. The molecule has 1 heterocycles. The molecule has 1 heteroatoms. The van der Waals surface area contributed by atoms with E-state index >= 15 is 0 Å². The Hall–Kier alpha value is -0.740. The lowest BCUT2D eigenvalue weighted by Crippen LogP contribution is -1.75. The van der Waals surface area contributed by atoms with Crippen LogP contribution in [0.5, 0.6) is 0 Å². The molecular formula is C12H14P-. The van der Waals surface area contributed by atoms with E-state index in [2.05, 4.69) is 37.3 Å². The Labute approximate surface area is 81.1 Å². The zero-order valence-electron chi connectivity index (χ0n) is 7.96. The standard InChI is InChI=1S/C12H14P/c1-2-3-7-11-9-10-6-4-5-8-12(10)13-11/h4-6,8-9H,2-3,7H2,1H3/q-1. The minimum absolute atomic E-state index is 1.27. The predicted octanol–water partition coefficient (Wildman–Crippen LogP) is 4.48. The van der Waals surface area contributed by atoms with Crippen molar-refractivity contribution in [1.29, 1.82) is 0 Å². The molecule has 0 atom stereocenters. The maximum absolute atomic E-state index is 2.35. The van der Waals surface area contributed by atoms with Crippen LogP contribution in [0, 0.1) is 0 Å². The monoisotopic (exact) mass is 189 g/mol. The summed E-state index contributed by atoms with van der Waals surface area (Å²) in [6, 6.07) is 11.0. The molecule has 0 aliphatic heterocycles. The second-order valence-electron chi connectivity index (χ2n) is 3.41. The Morgan fingerprint density at radius 3 is 2.85 bits per heavy atom. The summed E-state index contributed by atoms with van der Waals surface area (Å²) < 4.78 is 0. The van der Waals surface area contributed by atoms with Crippen molar-refractivity contribution in [3.63, 3.8) is 0 Å². The van der Waals surface area contributed by atoms with Crippen molar-refractivity contribution >= 4 is 18.7 Å². The van der Waals surface area contributed by atoms with Crippen LogP contribution in [0.4, 0.5) is 0 Å². The Kier molecular flexibility index (Phi) is 2.71. The second-order valence-corrected chi connectivity index (χ2v) is 4.69. The van der Waals surface area contributed by atoms with Gasteiger partial charge < -0.3 is 8.19 Å². The van der Waals surface area contributed by atoms with Crippen LogP contribution in [0.1, 0.15) is 25.1 Å².